The number of hydrogen-bond acceptors (Lipinski definition) is 1. The average molecular weight is 201 g/mol. The van der Waals surface area contributed by atoms with Crippen LogP contribution >= 0.6 is 0 Å². The number of hydrogen-bond donors (Lipinski definition) is 1. The molecule has 0 saturated carbocycles. The van der Waals surface area contributed by atoms with Crippen LogP contribution in [0.3, 0.4) is 0 Å². The largest absolute Gasteiger partial charge is 0.478 e. The minimum Gasteiger partial charge on any atom is -0.478 e. The molecule has 2 rings (SSSR count). The number of aryl methyl sites for hydroxylation is 1. The van der Waals surface area contributed by atoms with Gasteiger partial charge in [-0.05, 0) is 25.1 Å². The lowest BCUT2D eigenvalue weighted by atomic mass is 10.3. The summed E-state index contributed by atoms with van der Waals surface area (Å²) < 4.78 is 1.86. The van der Waals surface area contributed by atoms with Crippen LogP contribution in [0.4, 0.5) is 0 Å². The molecule has 0 spiro atoms. The van der Waals surface area contributed by atoms with E-state index in [2.05, 4.69) is 0 Å². The zero-order valence-electron chi connectivity index (χ0n) is 8.34. The lowest BCUT2D eigenvalue weighted by molar-refractivity contribution is 0.0697. The van der Waals surface area contributed by atoms with Crippen molar-refractivity contribution in [1.29, 1.82) is 0 Å². The van der Waals surface area contributed by atoms with Crippen LogP contribution in [0.2, 0.25) is 0 Å². The lowest BCUT2D eigenvalue weighted by Crippen LogP contribution is -1.95. The summed E-state index contributed by atoms with van der Waals surface area (Å²) in [4.78, 5) is 10.8. The Bertz CT molecular complexity index is 486. The summed E-state index contributed by atoms with van der Waals surface area (Å²) in [5.41, 5.74) is 2.21. The Hall–Kier alpha value is -2.03. The Morgan fingerprint density at radius 3 is 2.47 bits per heavy atom. The maximum absolute atomic E-state index is 10.8. The van der Waals surface area contributed by atoms with Gasteiger partial charge in [-0.1, -0.05) is 18.2 Å². The van der Waals surface area contributed by atoms with E-state index >= 15 is 0 Å². The fourth-order valence-electron chi connectivity index (χ4n) is 1.56. The Labute approximate surface area is 87.6 Å². The molecule has 0 unspecified atom stereocenters. The van der Waals surface area contributed by atoms with Crippen LogP contribution in [0, 0.1) is 6.92 Å². The second-order valence-electron chi connectivity index (χ2n) is 3.38. The standard InChI is InChI=1S/C12H11NO2/c1-9-7-10(12(14)15)8-13(9)11-5-3-2-4-6-11/h2-8H,1H3,(H,14,15). The number of aromatic nitrogens is 1. The van der Waals surface area contributed by atoms with E-state index in [1.54, 1.807) is 12.3 Å². The first-order valence-corrected chi connectivity index (χ1v) is 4.66. The first kappa shape index (κ1) is 9.52. The van der Waals surface area contributed by atoms with Crippen LogP contribution in [-0.2, 0) is 0 Å². The van der Waals surface area contributed by atoms with Crippen molar-refractivity contribution in [2.24, 2.45) is 0 Å². The summed E-state index contributed by atoms with van der Waals surface area (Å²) in [6, 6.07) is 11.3. The van der Waals surface area contributed by atoms with Crippen LogP contribution in [0.5, 0.6) is 0 Å². The van der Waals surface area contributed by atoms with Crippen molar-refractivity contribution in [3.63, 3.8) is 0 Å². The third-order valence-corrected chi connectivity index (χ3v) is 2.29. The van der Waals surface area contributed by atoms with Gasteiger partial charge in [0.15, 0.2) is 0 Å². The maximum atomic E-state index is 10.8. The van der Waals surface area contributed by atoms with E-state index in [-0.39, 0.29) is 0 Å². The first-order valence-electron chi connectivity index (χ1n) is 4.66. The van der Waals surface area contributed by atoms with Crippen LogP contribution < -0.4 is 0 Å². The summed E-state index contributed by atoms with van der Waals surface area (Å²) in [6.07, 6.45) is 1.63. The van der Waals surface area contributed by atoms with Gasteiger partial charge in [0.05, 0.1) is 5.56 Å². The fourth-order valence-corrected chi connectivity index (χ4v) is 1.56. The van der Waals surface area contributed by atoms with Crippen LogP contribution in [-0.4, -0.2) is 15.6 Å². The second kappa shape index (κ2) is 3.61. The molecule has 1 aromatic carbocycles. The molecular formula is C12H11NO2. The van der Waals surface area contributed by atoms with E-state index in [1.807, 2.05) is 41.8 Å². The van der Waals surface area contributed by atoms with Crippen molar-refractivity contribution in [3.05, 3.63) is 53.9 Å². The molecule has 0 fully saturated rings. The van der Waals surface area contributed by atoms with Gasteiger partial charge in [0.2, 0.25) is 0 Å². The fraction of sp³-hybridized carbons (Fsp3) is 0.0833. The van der Waals surface area contributed by atoms with Crippen LogP contribution in [0.25, 0.3) is 5.69 Å². The van der Waals surface area contributed by atoms with Gasteiger partial charge in [-0.2, -0.15) is 0 Å². The quantitative estimate of drug-likeness (QED) is 0.811. The van der Waals surface area contributed by atoms with E-state index in [9.17, 15) is 4.79 Å². The highest BCUT2D eigenvalue weighted by Gasteiger charge is 2.08. The second-order valence-corrected chi connectivity index (χ2v) is 3.38. The molecule has 0 aliphatic carbocycles. The van der Waals surface area contributed by atoms with Gasteiger partial charge in [0.25, 0.3) is 0 Å². The first-order chi connectivity index (χ1) is 7.18. The molecule has 3 heteroatoms. The van der Waals surface area contributed by atoms with Crippen molar-refractivity contribution in [2.75, 3.05) is 0 Å². The molecule has 1 heterocycles. The summed E-state index contributed by atoms with van der Waals surface area (Å²) in [5.74, 6) is -0.896. The van der Waals surface area contributed by atoms with Crippen molar-refractivity contribution in [3.8, 4) is 5.69 Å². The van der Waals surface area contributed by atoms with Gasteiger partial charge in [-0.3, -0.25) is 0 Å². The molecule has 0 bridgehead atoms. The predicted molar refractivity (Wildman–Crippen MR) is 57.5 cm³/mol. The minimum absolute atomic E-state index is 0.316. The normalized spacial score (nSPS) is 10.2. The van der Waals surface area contributed by atoms with E-state index in [4.69, 9.17) is 5.11 Å². The summed E-state index contributed by atoms with van der Waals surface area (Å²) in [6.45, 7) is 1.89. The number of carboxylic acids is 1. The van der Waals surface area contributed by atoms with Gasteiger partial charge in [-0.25, -0.2) is 4.79 Å². The number of nitrogens with zero attached hydrogens (tertiary/aromatic N) is 1. The van der Waals surface area contributed by atoms with Crippen molar-refractivity contribution >= 4 is 5.97 Å². The number of rotatable bonds is 2. The summed E-state index contributed by atoms with van der Waals surface area (Å²) in [5, 5.41) is 8.86. The number of aromatic carboxylic acids is 1. The Balaban J connectivity index is 2.50. The van der Waals surface area contributed by atoms with Crippen LogP contribution in [0.15, 0.2) is 42.6 Å². The van der Waals surface area contributed by atoms with Gasteiger partial charge in [0, 0.05) is 17.6 Å². The molecule has 0 saturated heterocycles. The van der Waals surface area contributed by atoms with Crippen molar-refractivity contribution in [1.82, 2.24) is 4.57 Å². The molecule has 3 nitrogen and oxygen atoms in total. The monoisotopic (exact) mass is 201 g/mol. The molecule has 0 aliphatic rings. The third kappa shape index (κ3) is 1.76. The van der Waals surface area contributed by atoms with Gasteiger partial charge >= 0.3 is 5.97 Å². The zero-order chi connectivity index (χ0) is 10.8. The minimum atomic E-state index is -0.896. The Morgan fingerprint density at radius 1 is 1.27 bits per heavy atom. The number of para-hydroxylation sites is 1. The molecule has 0 amide bonds. The molecular weight excluding hydrogens is 190 g/mol. The molecule has 15 heavy (non-hydrogen) atoms. The van der Waals surface area contributed by atoms with Crippen molar-refractivity contribution in [2.45, 2.75) is 6.92 Å². The van der Waals surface area contributed by atoms with Crippen LogP contribution in [0.1, 0.15) is 16.1 Å². The van der Waals surface area contributed by atoms with Gasteiger partial charge in [0.1, 0.15) is 0 Å². The lowest BCUT2D eigenvalue weighted by Gasteiger charge is -2.04. The molecule has 1 aromatic heterocycles. The Morgan fingerprint density at radius 2 is 1.93 bits per heavy atom. The maximum Gasteiger partial charge on any atom is 0.337 e. The predicted octanol–water partition coefficient (Wildman–Crippen LogP) is 2.48. The SMILES string of the molecule is Cc1cc(C(=O)O)cn1-c1ccccc1. The summed E-state index contributed by atoms with van der Waals surface area (Å²) >= 11 is 0. The molecule has 2 aromatic rings. The van der Waals surface area contributed by atoms with E-state index in [1.165, 1.54) is 0 Å². The highest BCUT2D eigenvalue weighted by Crippen LogP contribution is 2.14. The highest BCUT2D eigenvalue weighted by molar-refractivity contribution is 5.87. The molecule has 76 valence electrons. The number of carbonyl (C=O) groups is 1. The zero-order valence-corrected chi connectivity index (χ0v) is 8.34. The number of carboxylic acid groups (broad SMARTS) is 1. The highest BCUT2D eigenvalue weighted by atomic mass is 16.4. The smallest absolute Gasteiger partial charge is 0.337 e. The number of benzene rings is 1. The average Bonchev–Trinajstić information content (AvgIpc) is 2.62. The molecule has 1 N–H and O–H groups in total. The molecule has 0 aliphatic heterocycles. The van der Waals surface area contributed by atoms with E-state index < -0.39 is 5.97 Å². The van der Waals surface area contributed by atoms with Crippen molar-refractivity contribution < 1.29 is 9.90 Å². The van der Waals surface area contributed by atoms with E-state index in [0.29, 0.717) is 5.56 Å². The Kier molecular flexibility index (Phi) is 2.29. The van der Waals surface area contributed by atoms with Gasteiger partial charge < -0.3 is 9.67 Å². The molecule has 0 radical (unpaired) electrons. The van der Waals surface area contributed by atoms with E-state index in [0.717, 1.165) is 11.4 Å². The van der Waals surface area contributed by atoms with Gasteiger partial charge in [-0.15, -0.1) is 0 Å². The third-order valence-electron chi connectivity index (χ3n) is 2.29. The summed E-state index contributed by atoms with van der Waals surface area (Å²) in [7, 11) is 0. The topological polar surface area (TPSA) is 42.2 Å². The molecule has 0 atom stereocenters.